The normalized spacial score (nSPS) is 10.8. The Morgan fingerprint density at radius 2 is 1.83 bits per heavy atom. The van der Waals surface area contributed by atoms with Gasteiger partial charge in [0.2, 0.25) is 0 Å². The standard InChI is InChI=1S/C14H14N4/c1-10-3-8-13-16-14(17-18(13)9-10)11-4-6-12(15-2)7-5-11/h3-9,15H,1-2H3. The first-order valence-corrected chi connectivity index (χ1v) is 5.87. The number of nitrogens with one attached hydrogen (secondary N) is 1. The maximum absolute atomic E-state index is 4.51. The van der Waals surface area contributed by atoms with Gasteiger partial charge in [0, 0.05) is 24.5 Å². The fourth-order valence-electron chi connectivity index (χ4n) is 1.89. The molecule has 18 heavy (non-hydrogen) atoms. The highest BCUT2D eigenvalue weighted by Crippen LogP contribution is 2.18. The van der Waals surface area contributed by atoms with Crippen molar-refractivity contribution < 1.29 is 0 Å². The second kappa shape index (κ2) is 4.14. The molecule has 1 aromatic carbocycles. The van der Waals surface area contributed by atoms with Crippen LogP contribution in [0, 0.1) is 6.92 Å². The van der Waals surface area contributed by atoms with Crippen LogP contribution in [0.1, 0.15) is 5.56 Å². The van der Waals surface area contributed by atoms with E-state index in [-0.39, 0.29) is 0 Å². The van der Waals surface area contributed by atoms with Gasteiger partial charge < -0.3 is 5.32 Å². The molecule has 90 valence electrons. The van der Waals surface area contributed by atoms with Crippen LogP contribution in [0.25, 0.3) is 17.0 Å². The summed E-state index contributed by atoms with van der Waals surface area (Å²) in [5.74, 6) is 0.753. The topological polar surface area (TPSA) is 42.2 Å². The Balaban J connectivity index is 2.07. The van der Waals surface area contributed by atoms with Crippen molar-refractivity contribution >= 4 is 11.3 Å². The minimum atomic E-state index is 0.753. The molecule has 3 aromatic rings. The molecule has 1 N–H and O–H groups in total. The van der Waals surface area contributed by atoms with E-state index in [2.05, 4.69) is 15.4 Å². The molecule has 0 amide bonds. The number of nitrogens with zero attached hydrogens (tertiary/aromatic N) is 3. The van der Waals surface area contributed by atoms with E-state index in [0.29, 0.717) is 0 Å². The van der Waals surface area contributed by atoms with Crippen LogP contribution in [-0.4, -0.2) is 21.6 Å². The average molecular weight is 238 g/mol. The molecule has 0 aliphatic carbocycles. The van der Waals surface area contributed by atoms with Crippen LogP contribution in [0.5, 0.6) is 0 Å². The fourth-order valence-corrected chi connectivity index (χ4v) is 1.89. The summed E-state index contributed by atoms with van der Waals surface area (Å²) in [7, 11) is 1.90. The molecule has 0 saturated heterocycles. The Morgan fingerprint density at radius 3 is 2.56 bits per heavy atom. The van der Waals surface area contributed by atoms with Gasteiger partial charge in [0.25, 0.3) is 0 Å². The summed E-state index contributed by atoms with van der Waals surface area (Å²) >= 11 is 0. The number of aromatic nitrogens is 3. The van der Waals surface area contributed by atoms with E-state index < -0.39 is 0 Å². The van der Waals surface area contributed by atoms with Crippen molar-refractivity contribution in [2.45, 2.75) is 6.92 Å². The maximum Gasteiger partial charge on any atom is 0.182 e. The molecule has 0 fully saturated rings. The summed E-state index contributed by atoms with van der Waals surface area (Å²) in [4.78, 5) is 4.51. The Hall–Kier alpha value is -2.36. The van der Waals surface area contributed by atoms with Gasteiger partial charge in [0.05, 0.1) is 0 Å². The van der Waals surface area contributed by atoms with E-state index in [1.165, 1.54) is 5.56 Å². The van der Waals surface area contributed by atoms with Crippen LogP contribution in [0.15, 0.2) is 42.6 Å². The molecule has 0 radical (unpaired) electrons. The van der Waals surface area contributed by atoms with Gasteiger partial charge in [-0.25, -0.2) is 9.50 Å². The van der Waals surface area contributed by atoms with Gasteiger partial charge in [0.15, 0.2) is 11.5 Å². The van der Waals surface area contributed by atoms with Gasteiger partial charge in [0.1, 0.15) is 0 Å². The quantitative estimate of drug-likeness (QED) is 0.746. The molecule has 0 aliphatic heterocycles. The molecule has 0 saturated carbocycles. The lowest BCUT2D eigenvalue weighted by Crippen LogP contribution is -1.89. The summed E-state index contributed by atoms with van der Waals surface area (Å²) in [5, 5.41) is 7.58. The summed E-state index contributed by atoms with van der Waals surface area (Å²) in [6.07, 6.45) is 1.98. The summed E-state index contributed by atoms with van der Waals surface area (Å²) in [5.41, 5.74) is 4.14. The molecule has 0 spiro atoms. The second-order valence-corrected chi connectivity index (χ2v) is 4.27. The van der Waals surface area contributed by atoms with Crippen molar-refractivity contribution in [2.24, 2.45) is 0 Å². The Bertz CT molecular complexity index is 683. The summed E-state index contributed by atoms with van der Waals surface area (Å²) in [6.45, 7) is 2.04. The van der Waals surface area contributed by atoms with Gasteiger partial charge in [-0.05, 0) is 42.8 Å². The zero-order valence-electron chi connectivity index (χ0n) is 10.4. The minimum Gasteiger partial charge on any atom is -0.388 e. The second-order valence-electron chi connectivity index (χ2n) is 4.27. The first kappa shape index (κ1) is 10.8. The van der Waals surface area contributed by atoms with Crippen LogP contribution >= 0.6 is 0 Å². The highest BCUT2D eigenvalue weighted by atomic mass is 15.3. The monoisotopic (exact) mass is 238 g/mol. The van der Waals surface area contributed by atoms with E-state index in [4.69, 9.17) is 0 Å². The Morgan fingerprint density at radius 1 is 1.06 bits per heavy atom. The van der Waals surface area contributed by atoms with Gasteiger partial charge in [-0.15, -0.1) is 5.10 Å². The van der Waals surface area contributed by atoms with E-state index >= 15 is 0 Å². The lowest BCUT2D eigenvalue weighted by molar-refractivity contribution is 0.956. The number of pyridine rings is 1. The smallest absolute Gasteiger partial charge is 0.182 e. The van der Waals surface area contributed by atoms with Crippen LogP contribution < -0.4 is 5.32 Å². The number of fused-ring (bicyclic) bond motifs is 1. The molecule has 0 atom stereocenters. The Labute approximate surface area is 105 Å². The largest absolute Gasteiger partial charge is 0.388 e. The summed E-state index contributed by atoms with van der Waals surface area (Å²) in [6, 6.07) is 12.1. The number of hydrogen-bond donors (Lipinski definition) is 1. The third kappa shape index (κ3) is 1.82. The van der Waals surface area contributed by atoms with Crippen LogP contribution in [0.4, 0.5) is 5.69 Å². The minimum absolute atomic E-state index is 0.753. The van der Waals surface area contributed by atoms with Gasteiger partial charge in [-0.3, -0.25) is 0 Å². The zero-order chi connectivity index (χ0) is 12.5. The highest BCUT2D eigenvalue weighted by molar-refractivity contribution is 5.61. The molecular weight excluding hydrogens is 224 g/mol. The molecule has 0 bridgehead atoms. The van der Waals surface area contributed by atoms with Crippen LogP contribution in [0.2, 0.25) is 0 Å². The van der Waals surface area contributed by atoms with Gasteiger partial charge in [-0.1, -0.05) is 6.07 Å². The molecule has 0 unspecified atom stereocenters. The van der Waals surface area contributed by atoms with E-state index in [9.17, 15) is 0 Å². The highest BCUT2D eigenvalue weighted by Gasteiger charge is 2.05. The van der Waals surface area contributed by atoms with E-state index in [1.54, 1.807) is 0 Å². The number of benzene rings is 1. The third-order valence-electron chi connectivity index (χ3n) is 2.91. The Kier molecular flexibility index (Phi) is 2.48. The van der Waals surface area contributed by atoms with Crippen molar-refractivity contribution in [2.75, 3.05) is 12.4 Å². The fraction of sp³-hybridized carbons (Fsp3) is 0.143. The van der Waals surface area contributed by atoms with E-state index in [1.807, 2.05) is 61.1 Å². The van der Waals surface area contributed by atoms with Crippen molar-refractivity contribution in [1.82, 2.24) is 14.6 Å². The molecule has 2 aromatic heterocycles. The number of hydrogen-bond acceptors (Lipinski definition) is 3. The van der Waals surface area contributed by atoms with Crippen molar-refractivity contribution in [3.05, 3.63) is 48.2 Å². The predicted octanol–water partition coefficient (Wildman–Crippen LogP) is 2.75. The molecule has 4 heteroatoms. The average Bonchev–Trinajstić information content (AvgIpc) is 2.81. The third-order valence-corrected chi connectivity index (χ3v) is 2.91. The summed E-state index contributed by atoms with van der Waals surface area (Å²) < 4.78 is 1.82. The molecule has 0 aliphatic rings. The lowest BCUT2D eigenvalue weighted by atomic mass is 10.2. The van der Waals surface area contributed by atoms with Gasteiger partial charge >= 0.3 is 0 Å². The number of rotatable bonds is 2. The molecule has 2 heterocycles. The first-order chi connectivity index (χ1) is 8.76. The number of anilines is 1. The van der Waals surface area contributed by atoms with Crippen molar-refractivity contribution in [3.8, 4) is 11.4 Å². The van der Waals surface area contributed by atoms with Crippen LogP contribution in [-0.2, 0) is 0 Å². The van der Waals surface area contributed by atoms with E-state index in [0.717, 1.165) is 22.7 Å². The van der Waals surface area contributed by atoms with Crippen molar-refractivity contribution in [1.29, 1.82) is 0 Å². The lowest BCUT2D eigenvalue weighted by Gasteiger charge is -1.99. The molecule has 3 rings (SSSR count). The van der Waals surface area contributed by atoms with Crippen molar-refractivity contribution in [3.63, 3.8) is 0 Å². The molecule has 4 nitrogen and oxygen atoms in total. The first-order valence-electron chi connectivity index (χ1n) is 5.87. The van der Waals surface area contributed by atoms with Crippen LogP contribution in [0.3, 0.4) is 0 Å². The maximum atomic E-state index is 4.51. The molecular formula is C14H14N4. The number of aryl methyl sites for hydroxylation is 1. The zero-order valence-corrected chi connectivity index (χ0v) is 10.4. The van der Waals surface area contributed by atoms with Gasteiger partial charge in [-0.2, -0.15) is 0 Å². The SMILES string of the molecule is CNc1ccc(-c2nc3ccc(C)cn3n2)cc1. The predicted molar refractivity (Wildman–Crippen MR) is 72.7 cm³/mol.